The average molecular weight is 403 g/mol. The van der Waals surface area contributed by atoms with Crippen molar-refractivity contribution in [3.8, 4) is 0 Å². The Bertz CT molecular complexity index is 999. The molecule has 3 atom stereocenters. The van der Waals surface area contributed by atoms with Crippen LogP contribution in [0.15, 0.2) is 66.7 Å². The third-order valence-corrected chi connectivity index (χ3v) is 5.58. The highest BCUT2D eigenvalue weighted by Crippen LogP contribution is 2.37. The van der Waals surface area contributed by atoms with E-state index in [0.29, 0.717) is 24.1 Å². The number of carbonyl (C=O) groups is 4. The average Bonchev–Trinajstić information content (AvgIpc) is 3.04. The molecule has 0 saturated carbocycles. The fraction of sp³-hybridized carbons (Fsp3) is 0.250. The van der Waals surface area contributed by atoms with Gasteiger partial charge >= 0.3 is 5.97 Å². The molecule has 1 saturated heterocycles. The highest BCUT2D eigenvalue weighted by Gasteiger charge is 2.47. The van der Waals surface area contributed by atoms with Gasteiger partial charge in [0.1, 0.15) is 0 Å². The van der Waals surface area contributed by atoms with Crippen LogP contribution in [0, 0.1) is 11.8 Å². The molecular weight excluding hydrogens is 382 g/mol. The zero-order chi connectivity index (χ0) is 21.3. The largest absolute Gasteiger partial charge is 0.451 e. The van der Waals surface area contributed by atoms with Gasteiger partial charge in [0.25, 0.3) is 0 Å². The number of fused-ring (bicyclic) bond motifs is 1. The maximum atomic E-state index is 12.7. The number of amides is 2. The summed E-state index contributed by atoms with van der Waals surface area (Å²) in [5.74, 6) is -1.95. The lowest BCUT2D eigenvalue weighted by molar-refractivity contribution is -0.122. The SMILES string of the molecule is C[C@H](OC(=O)c1ccc(N2C(=O)[C@H]3CC=CC[C@@H]3C2=O)cc1)C(=O)c1ccccc1. The first-order chi connectivity index (χ1) is 14.5. The number of hydrogen-bond acceptors (Lipinski definition) is 5. The van der Waals surface area contributed by atoms with Crippen LogP contribution in [0.2, 0.25) is 0 Å². The summed E-state index contributed by atoms with van der Waals surface area (Å²) in [6.45, 7) is 1.53. The normalized spacial score (nSPS) is 21.3. The molecule has 2 amide bonds. The van der Waals surface area contributed by atoms with E-state index in [2.05, 4.69) is 0 Å². The number of rotatable bonds is 5. The standard InChI is InChI=1S/C24H21NO5/c1-15(21(26)16-7-3-2-4-8-16)30-24(29)17-11-13-18(14-12-17)25-22(27)19-9-5-6-10-20(19)23(25)28/h2-8,11-15,19-20H,9-10H2,1H3/t15-,19-,20-/m0/s1. The van der Waals surface area contributed by atoms with Crippen LogP contribution in [-0.4, -0.2) is 29.7 Å². The van der Waals surface area contributed by atoms with E-state index < -0.39 is 12.1 Å². The first-order valence-corrected chi connectivity index (χ1v) is 9.90. The number of hydrogen-bond donors (Lipinski definition) is 0. The van der Waals surface area contributed by atoms with Crippen molar-refractivity contribution >= 4 is 29.3 Å². The van der Waals surface area contributed by atoms with Crippen molar-refractivity contribution in [2.75, 3.05) is 4.90 Å². The lowest BCUT2D eigenvalue weighted by Gasteiger charge is -2.16. The van der Waals surface area contributed by atoms with E-state index >= 15 is 0 Å². The Morgan fingerprint density at radius 2 is 1.43 bits per heavy atom. The van der Waals surface area contributed by atoms with Crippen molar-refractivity contribution in [1.82, 2.24) is 0 Å². The van der Waals surface area contributed by atoms with Gasteiger partial charge in [0.05, 0.1) is 23.1 Å². The van der Waals surface area contributed by atoms with Gasteiger partial charge in [-0.3, -0.25) is 19.3 Å². The van der Waals surface area contributed by atoms with Crippen LogP contribution >= 0.6 is 0 Å². The molecule has 1 aliphatic carbocycles. The third-order valence-electron chi connectivity index (χ3n) is 5.58. The Balaban J connectivity index is 1.45. The number of allylic oxidation sites excluding steroid dienone is 2. The van der Waals surface area contributed by atoms with E-state index in [-0.39, 0.29) is 35.0 Å². The number of ketones is 1. The fourth-order valence-electron chi connectivity index (χ4n) is 3.92. The minimum atomic E-state index is -0.933. The molecule has 0 spiro atoms. The van der Waals surface area contributed by atoms with Crippen molar-refractivity contribution in [2.45, 2.75) is 25.9 Å². The Morgan fingerprint density at radius 1 is 0.867 bits per heavy atom. The van der Waals surface area contributed by atoms with Crippen molar-refractivity contribution in [3.63, 3.8) is 0 Å². The van der Waals surface area contributed by atoms with E-state index in [9.17, 15) is 19.2 Å². The molecule has 1 heterocycles. The zero-order valence-electron chi connectivity index (χ0n) is 16.5. The minimum Gasteiger partial charge on any atom is -0.451 e. The number of ether oxygens (including phenoxy) is 1. The van der Waals surface area contributed by atoms with Crippen molar-refractivity contribution in [1.29, 1.82) is 0 Å². The number of imide groups is 1. The van der Waals surface area contributed by atoms with Crippen LogP contribution in [0.4, 0.5) is 5.69 Å². The molecule has 0 unspecified atom stereocenters. The summed E-state index contributed by atoms with van der Waals surface area (Å²) in [6, 6.07) is 14.7. The lowest BCUT2D eigenvalue weighted by Crippen LogP contribution is -2.30. The highest BCUT2D eigenvalue weighted by molar-refractivity contribution is 6.22. The van der Waals surface area contributed by atoms with Gasteiger partial charge < -0.3 is 4.74 Å². The summed E-state index contributed by atoms with van der Waals surface area (Å²) >= 11 is 0. The van der Waals surface area contributed by atoms with Gasteiger partial charge in [-0.1, -0.05) is 42.5 Å². The molecule has 2 aromatic rings. The number of esters is 1. The Labute approximate surface area is 174 Å². The highest BCUT2D eigenvalue weighted by atomic mass is 16.5. The number of anilines is 1. The van der Waals surface area contributed by atoms with Crippen LogP contribution in [0.5, 0.6) is 0 Å². The molecule has 30 heavy (non-hydrogen) atoms. The first kappa shape index (κ1) is 19.8. The lowest BCUT2D eigenvalue weighted by atomic mass is 9.85. The van der Waals surface area contributed by atoms with E-state index in [4.69, 9.17) is 4.74 Å². The van der Waals surface area contributed by atoms with E-state index in [1.54, 1.807) is 42.5 Å². The quantitative estimate of drug-likeness (QED) is 0.330. The molecule has 2 aromatic carbocycles. The van der Waals surface area contributed by atoms with Gasteiger partial charge in [-0.05, 0) is 44.0 Å². The van der Waals surface area contributed by atoms with Gasteiger partial charge in [-0.15, -0.1) is 0 Å². The zero-order valence-corrected chi connectivity index (χ0v) is 16.5. The summed E-state index contributed by atoms with van der Waals surface area (Å²) in [5, 5.41) is 0. The monoisotopic (exact) mass is 403 g/mol. The molecular formula is C24H21NO5. The summed E-state index contributed by atoms with van der Waals surface area (Å²) in [6.07, 6.45) is 4.09. The summed E-state index contributed by atoms with van der Waals surface area (Å²) in [4.78, 5) is 51.3. The topological polar surface area (TPSA) is 80.8 Å². The summed E-state index contributed by atoms with van der Waals surface area (Å²) < 4.78 is 5.29. The minimum absolute atomic E-state index is 0.202. The Morgan fingerprint density at radius 3 is 2.00 bits per heavy atom. The second-order valence-corrected chi connectivity index (χ2v) is 7.49. The molecule has 0 N–H and O–H groups in total. The van der Waals surface area contributed by atoms with E-state index in [1.807, 2.05) is 12.2 Å². The van der Waals surface area contributed by atoms with Crippen LogP contribution in [0.1, 0.15) is 40.5 Å². The predicted molar refractivity (Wildman–Crippen MR) is 110 cm³/mol. The molecule has 1 fully saturated rings. The molecule has 4 rings (SSSR count). The Hall–Kier alpha value is -3.54. The maximum Gasteiger partial charge on any atom is 0.338 e. The molecule has 0 radical (unpaired) electrons. The molecule has 6 nitrogen and oxygen atoms in total. The van der Waals surface area contributed by atoms with Crippen molar-refractivity contribution in [3.05, 3.63) is 77.9 Å². The molecule has 2 aliphatic rings. The second kappa shape index (κ2) is 8.06. The van der Waals surface area contributed by atoms with Gasteiger partial charge in [0.2, 0.25) is 17.6 Å². The molecule has 0 aromatic heterocycles. The Kier molecular flexibility index (Phi) is 5.31. The molecule has 152 valence electrons. The van der Waals surface area contributed by atoms with Crippen LogP contribution in [0.25, 0.3) is 0 Å². The number of nitrogens with zero attached hydrogens (tertiary/aromatic N) is 1. The number of benzene rings is 2. The summed E-state index contributed by atoms with van der Waals surface area (Å²) in [7, 11) is 0. The van der Waals surface area contributed by atoms with Gasteiger partial charge in [0, 0.05) is 5.56 Å². The maximum absolute atomic E-state index is 12.7. The van der Waals surface area contributed by atoms with Crippen molar-refractivity contribution in [2.24, 2.45) is 11.8 Å². The van der Waals surface area contributed by atoms with E-state index in [1.165, 1.54) is 24.0 Å². The first-order valence-electron chi connectivity index (χ1n) is 9.90. The number of carbonyl (C=O) groups excluding carboxylic acids is 4. The fourth-order valence-corrected chi connectivity index (χ4v) is 3.92. The molecule has 0 bridgehead atoms. The van der Waals surface area contributed by atoms with Crippen molar-refractivity contribution < 1.29 is 23.9 Å². The smallest absolute Gasteiger partial charge is 0.338 e. The van der Waals surface area contributed by atoms with Crippen LogP contribution in [0.3, 0.4) is 0 Å². The van der Waals surface area contributed by atoms with Gasteiger partial charge in [0.15, 0.2) is 6.10 Å². The predicted octanol–water partition coefficient (Wildman–Crippen LogP) is 3.57. The van der Waals surface area contributed by atoms with Gasteiger partial charge in [-0.25, -0.2) is 4.79 Å². The second-order valence-electron chi connectivity index (χ2n) is 7.49. The van der Waals surface area contributed by atoms with E-state index in [0.717, 1.165) is 0 Å². The van der Waals surface area contributed by atoms with Crippen LogP contribution < -0.4 is 4.90 Å². The molecule has 1 aliphatic heterocycles. The third kappa shape index (κ3) is 3.56. The van der Waals surface area contributed by atoms with Gasteiger partial charge in [-0.2, -0.15) is 0 Å². The molecule has 6 heteroatoms. The summed E-state index contributed by atoms with van der Waals surface area (Å²) in [5.41, 5.74) is 1.14. The van der Waals surface area contributed by atoms with Crippen LogP contribution in [-0.2, 0) is 14.3 Å². The number of Topliss-reactive ketones (excluding diaryl/α,β-unsaturated/α-hetero) is 1.